The van der Waals surface area contributed by atoms with E-state index in [0.29, 0.717) is 0 Å². The zero-order chi connectivity index (χ0) is 0. The van der Waals surface area contributed by atoms with Crippen LogP contribution in [0.15, 0.2) is 0 Å². The van der Waals surface area contributed by atoms with Gasteiger partial charge in [0.15, 0.2) is 0 Å². The average Bonchev–Trinajstić information content (AvgIpc) is 0. The minimum absolute atomic E-state index is 0. The van der Waals surface area contributed by atoms with Crippen LogP contribution in [0.25, 0.3) is 0 Å². The zero-order valence-electron chi connectivity index (χ0n) is 4.99. The molecule has 0 bridgehead atoms. The first-order valence-corrected chi connectivity index (χ1v) is 0. The van der Waals surface area contributed by atoms with E-state index in [0.717, 1.165) is 0 Å². The molecule has 0 aliphatic rings. The molecule has 13 heavy (non-hydrogen) atoms. The Labute approximate surface area is 163 Å². The molecule has 13 heteroatoms. The van der Waals surface area contributed by atoms with Gasteiger partial charge >= 0.3 is 127 Å². The molecule has 7 nitrogen and oxygen atoms in total. The fourth-order valence-electron chi connectivity index (χ4n) is 0. The predicted octanol–water partition coefficient (Wildman–Crippen LogP) is -1.60. The van der Waals surface area contributed by atoms with E-state index in [2.05, 4.69) is 0 Å². The van der Waals surface area contributed by atoms with Gasteiger partial charge in [-0.05, 0) is 0 Å². The Morgan fingerprint density at radius 2 is 0.308 bits per heavy atom. The summed E-state index contributed by atoms with van der Waals surface area (Å²) in [5.41, 5.74) is 0. The van der Waals surface area contributed by atoms with Gasteiger partial charge in [0.05, 0.1) is 0 Å². The van der Waals surface area contributed by atoms with Crippen molar-refractivity contribution in [1.82, 2.24) is 0 Å². The van der Waals surface area contributed by atoms with Crippen molar-refractivity contribution >= 4 is 52.4 Å². The van der Waals surface area contributed by atoms with E-state index in [1.54, 1.807) is 0 Å². The first-order valence-electron chi connectivity index (χ1n) is 0. The van der Waals surface area contributed by atoms with Crippen molar-refractivity contribution in [3.05, 3.63) is 0 Å². The van der Waals surface area contributed by atoms with Gasteiger partial charge in [0.2, 0.25) is 0 Å². The van der Waals surface area contributed by atoms with Crippen molar-refractivity contribution in [3.8, 4) is 0 Å². The molecule has 0 fully saturated rings. The first kappa shape index (κ1) is 286. The van der Waals surface area contributed by atoms with Crippen LogP contribution in [-0.2, 0) is 113 Å². The number of hydrogen-bond donors (Lipinski definition) is 0. The molecular weight excluding hydrogens is 870 g/mol. The van der Waals surface area contributed by atoms with Crippen LogP contribution in [0.4, 0.5) is 0 Å². The molecule has 0 saturated heterocycles. The molecule has 0 rings (SSSR count). The third-order valence-corrected chi connectivity index (χ3v) is 0. The minimum atomic E-state index is 0. The van der Waals surface area contributed by atoms with Crippen LogP contribution in [0, 0.1) is 0 Å². The van der Waals surface area contributed by atoms with Gasteiger partial charge in [0.25, 0.3) is 0 Å². The second kappa shape index (κ2) is 236. The molecule has 0 atom stereocenters. The van der Waals surface area contributed by atoms with E-state index in [1.165, 1.54) is 0 Å². The smallest absolute Gasteiger partial charge is 2.00 e. The van der Waals surface area contributed by atoms with Crippen molar-refractivity contribution in [1.29, 1.82) is 0 Å². The SMILES string of the molecule is [Bi+3].[Bi+3].[Cu+2].[Cu+2].[O-2].[O-2].[O-2].[O-2].[O-2].[O-2].[O-2].[Pd+2].[Pd+2]. The van der Waals surface area contributed by atoms with Gasteiger partial charge in [-0.25, -0.2) is 0 Å². The van der Waals surface area contributed by atoms with E-state index in [-0.39, 0.29) is 166 Å². The average molecular weight is 870 g/mol. The molecule has 0 aliphatic heterocycles. The fourth-order valence-corrected chi connectivity index (χ4v) is 0. The van der Waals surface area contributed by atoms with Crippen LogP contribution in [0.1, 0.15) is 0 Å². The van der Waals surface area contributed by atoms with Crippen LogP contribution in [-0.4, -0.2) is 52.4 Å². The van der Waals surface area contributed by atoms with E-state index >= 15 is 0 Å². The Bertz CT molecular complexity index is 22.5. The van der Waals surface area contributed by atoms with Gasteiger partial charge in [-0.3, -0.25) is 0 Å². The molecule has 0 aliphatic carbocycles. The molecule has 6 radical (unpaired) electrons. The topological polar surface area (TPSA) is 200 Å². The maximum atomic E-state index is 0. The number of hydrogen-bond acceptors (Lipinski definition) is 0. The second-order valence-electron chi connectivity index (χ2n) is 0. The molecule has 94 valence electrons. The third-order valence-electron chi connectivity index (χ3n) is 0. The summed E-state index contributed by atoms with van der Waals surface area (Å²) >= 11 is 0. The van der Waals surface area contributed by atoms with Gasteiger partial charge in [-0.2, -0.15) is 0 Å². The van der Waals surface area contributed by atoms with Crippen LogP contribution in [0.3, 0.4) is 0 Å². The van der Waals surface area contributed by atoms with E-state index in [4.69, 9.17) is 0 Å². The Kier molecular flexibility index (Phi) is 5180. The summed E-state index contributed by atoms with van der Waals surface area (Å²) in [6.45, 7) is 0. The molecule has 0 aromatic rings. The molecule has 0 saturated carbocycles. The first-order chi connectivity index (χ1) is 0. The van der Waals surface area contributed by atoms with Crippen LogP contribution >= 0.6 is 0 Å². The molecule has 0 aromatic carbocycles. The van der Waals surface area contributed by atoms with Gasteiger partial charge in [-0.1, -0.05) is 0 Å². The molecular formula is Bi2Cu2O7Pd2. The monoisotopic (exact) mass is 868 g/mol. The van der Waals surface area contributed by atoms with Crippen molar-refractivity contribution < 1.29 is 113 Å². The van der Waals surface area contributed by atoms with Crippen LogP contribution < -0.4 is 0 Å². The molecule has 0 unspecified atom stereocenters. The summed E-state index contributed by atoms with van der Waals surface area (Å²) in [7, 11) is 0. The molecule has 0 amide bonds. The van der Waals surface area contributed by atoms with Crippen LogP contribution in [0.5, 0.6) is 0 Å². The van der Waals surface area contributed by atoms with Gasteiger partial charge in [-0.15, -0.1) is 0 Å². The quantitative estimate of drug-likeness (QED) is 0.253. The summed E-state index contributed by atoms with van der Waals surface area (Å²) in [6, 6.07) is 0. The maximum Gasteiger partial charge on any atom is 3.00 e. The van der Waals surface area contributed by atoms with Gasteiger partial charge in [0.1, 0.15) is 0 Å². The Balaban J connectivity index is 0. The third kappa shape index (κ3) is 205. The molecule has 0 spiro atoms. The Morgan fingerprint density at radius 1 is 0.308 bits per heavy atom. The van der Waals surface area contributed by atoms with Gasteiger partial charge < -0.3 is 38.3 Å². The normalized spacial score (nSPS) is 0. The van der Waals surface area contributed by atoms with Crippen LogP contribution in [0.2, 0.25) is 0 Å². The summed E-state index contributed by atoms with van der Waals surface area (Å²) < 4.78 is 0. The standard InChI is InChI=1S/2Bi.2Cu.7O.2Pd/q2*+3;2*+2;7*-2;2*+2. The van der Waals surface area contributed by atoms with E-state index in [1.807, 2.05) is 0 Å². The maximum absolute atomic E-state index is 0. The summed E-state index contributed by atoms with van der Waals surface area (Å²) in [5, 5.41) is 0. The predicted molar refractivity (Wildman–Crippen MR) is 16.3 cm³/mol. The number of rotatable bonds is 0. The Hall–Kier alpha value is 3.85. The van der Waals surface area contributed by atoms with Crippen molar-refractivity contribution in [2.75, 3.05) is 0 Å². The van der Waals surface area contributed by atoms with Gasteiger partial charge in [0, 0.05) is 0 Å². The van der Waals surface area contributed by atoms with E-state index < -0.39 is 0 Å². The van der Waals surface area contributed by atoms with Crippen molar-refractivity contribution in [3.63, 3.8) is 0 Å². The largest absolute Gasteiger partial charge is 3.00 e. The zero-order valence-corrected chi connectivity index (χ0v) is 16.9. The Morgan fingerprint density at radius 3 is 0.308 bits per heavy atom. The van der Waals surface area contributed by atoms with E-state index in [9.17, 15) is 0 Å². The second-order valence-corrected chi connectivity index (χ2v) is 0. The summed E-state index contributed by atoms with van der Waals surface area (Å²) in [6.07, 6.45) is 0. The molecule has 0 heterocycles. The molecule has 0 aromatic heterocycles. The fraction of sp³-hybridized carbons (Fsp3) is 0. The summed E-state index contributed by atoms with van der Waals surface area (Å²) in [5.74, 6) is 0. The van der Waals surface area contributed by atoms with Crippen molar-refractivity contribution in [2.45, 2.75) is 0 Å². The van der Waals surface area contributed by atoms with Crippen molar-refractivity contribution in [2.24, 2.45) is 0 Å². The summed E-state index contributed by atoms with van der Waals surface area (Å²) in [4.78, 5) is 0. The minimum Gasteiger partial charge on any atom is -2.00 e. The molecule has 0 N–H and O–H groups in total.